The van der Waals surface area contributed by atoms with E-state index in [9.17, 15) is 0 Å². The first-order valence-corrected chi connectivity index (χ1v) is 6.51. The molecular formula is C15H19NO. The molecule has 0 bridgehead atoms. The van der Waals surface area contributed by atoms with E-state index in [2.05, 4.69) is 24.4 Å². The van der Waals surface area contributed by atoms with Crippen LogP contribution >= 0.6 is 0 Å². The van der Waals surface area contributed by atoms with Crippen molar-refractivity contribution >= 4 is 11.0 Å². The second kappa shape index (κ2) is 4.53. The maximum Gasteiger partial charge on any atom is 0.134 e. The lowest BCUT2D eigenvalue weighted by Crippen LogP contribution is -2.25. The van der Waals surface area contributed by atoms with Crippen molar-refractivity contribution in [2.45, 2.75) is 38.8 Å². The molecule has 17 heavy (non-hydrogen) atoms. The van der Waals surface area contributed by atoms with Gasteiger partial charge in [0.1, 0.15) is 5.58 Å². The molecule has 1 N–H and O–H groups in total. The first-order valence-electron chi connectivity index (χ1n) is 6.51. The van der Waals surface area contributed by atoms with Crippen molar-refractivity contribution in [2.24, 2.45) is 5.92 Å². The van der Waals surface area contributed by atoms with Gasteiger partial charge in [0, 0.05) is 23.5 Å². The third kappa shape index (κ3) is 2.22. The van der Waals surface area contributed by atoms with Gasteiger partial charge in [-0.2, -0.15) is 0 Å². The largest absolute Gasteiger partial charge is 0.464 e. The van der Waals surface area contributed by atoms with Crippen molar-refractivity contribution in [1.82, 2.24) is 5.32 Å². The van der Waals surface area contributed by atoms with Crippen molar-refractivity contribution in [2.75, 3.05) is 0 Å². The van der Waals surface area contributed by atoms with Gasteiger partial charge in [0.05, 0.1) is 6.26 Å². The van der Waals surface area contributed by atoms with Crippen LogP contribution in [0.25, 0.3) is 11.0 Å². The third-order valence-corrected chi connectivity index (χ3v) is 3.84. The van der Waals surface area contributed by atoms with Crippen LogP contribution in [0.2, 0.25) is 0 Å². The van der Waals surface area contributed by atoms with E-state index in [1.54, 1.807) is 0 Å². The molecule has 1 aromatic heterocycles. The molecule has 2 atom stereocenters. The van der Waals surface area contributed by atoms with Crippen molar-refractivity contribution < 1.29 is 4.42 Å². The topological polar surface area (TPSA) is 25.2 Å². The predicted octanol–water partition coefficient (Wildman–Crippen LogP) is 3.71. The third-order valence-electron chi connectivity index (χ3n) is 3.84. The molecule has 2 aromatic rings. The van der Waals surface area contributed by atoms with Crippen molar-refractivity contribution in [1.29, 1.82) is 0 Å². The van der Waals surface area contributed by atoms with Gasteiger partial charge in [-0.15, -0.1) is 0 Å². The van der Waals surface area contributed by atoms with E-state index in [4.69, 9.17) is 4.42 Å². The number of hydrogen-bond donors (Lipinski definition) is 1. The molecule has 1 aromatic carbocycles. The van der Waals surface area contributed by atoms with Gasteiger partial charge in [0.15, 0.2) is 0 Å². The molecule has 2 heteroatoms. The monoisotopic (exact) mass is 229 g/mol. The Hall–Kier alpha value is -1.28. The molecule has 1 saturated carbocycles. The Balaban J connectivity index is 1.69. The Morgan fingerprint density at radius 2 is 2.18 bits per heavy atom. The zero-order valence-corrected chi connectivity index (χ0v) is 10.3. The van der Waals surface area contributed by atoms with Crippen LogP contribution in [0.4, 0.5) is 0 Å². The highest BCUT2D eigenvalue weighted by Gasteiger charge is 2.20. The molecule has 3 rings (SSSR count). The number of rotatable bonds is 3. The number of hydrogen-bond acceptors (Lipinski definition) is 2. The molecule has 0 aliphatic heterocycles. The van der Waals surface area contributed by atoms with Gasteiger partial charge in [-0.3, -0.25) is 0 Å². The Kier molecular flexibility index (Phi) is 2.89. The molecule has 0 amide bonds. The molecule has 0 radical (unpaired) electrons. The Labute approximate surface area is 102 Å². The average molecular weight is 229 g/mol. The fourth-order valence-corrected chi connectivity index (χ4v) is 2.82. The molecule has 2 nitrogen and oxygen atoms in total. The van der Waals surface area contributed by atoms with Gasteiger partial charge in [0.2, 0.25) is 0 Å². The van der Waals surface area contributed by atoms with E-state index in [0.717, 1.165) is 18.0 Å². The Morgan fingerprint density at radius 1 is 1.29 bits per heavy atom. The summed E-state index contributed by atoms with van der Waals surface area (Å²) in [6.07, 6.45) is 5.88. The Bertz CT molecular complexity index is 502. The molecule has 2 unspecified atom stereocenters. The van der Waals surface area contributed by atoms with Gasteiger partial charge in [-0.25, -0.2) is 0 Å². The fourth-order valence-electron chi connectivity index (χ4n) is 2.82. The summed E-state index contributed by atoms with van der Waals surface area (Å²) < 4.78 is 5.55. The maximum atomic E-state index is 5.55. The minimum Gasteiger partial charge on any atom is -0.464 e. The molecule has 1 heterocycles. The summed E-state index contributed by atoms with van der Waals surface area (Å²) >= 11 is 0. The minimum atomic E-state index is 0.693. The van der Waals surface area contributed by atoms with Crippen LogP contribution in [0, 0.1) is 5.92 Å². The molecule has 0 spiro atoms. The summed E-state index contributed by atoms with van der Waals surface area (Å²) in [6, 6.07) is 8.93. The lowest BCUT2D eigenvalue weighted by molar-refractivity contribution is 0.500. The quantitative estimate of drug-likeness (QED) is 0.868. The first-order chi connectivity index (χ1) is 8.33. The van der Waals surface area contributed by atoms with Crippen LogP contribution < -0.4 is 5.32 Å². The van der Waals surface area contributed by atoms with Gasteiger partial charge in [-0.1, -0.05) is 25.1 Å². The SMILES string of the molecule is CC1CCC(NCc2coc3ccccc23)C1. The second-order valence-corrected chi connectivity index (χ2v) is 5.25. The molecule has 1 fully saturated rings. The number of furan rings is 1. The summed E-state index contributed by atoms with van der Waals surface area (Å²) in [4.78, 5) is 0. The molecule has 90 valence electrons. The fraction of sp³-hybridized carbons (Fsp3) is 0.467. The van der Waals surface area contributed by atoms with Crippen molar-refractivity contribution in [3.8, 4) is 0 Å². The van der Waals surface area contributed by atoms with Gasteiger partial charge in [0.25, 0.3) is 0 Å². The normalized spacial score (nSPS) is 24.5. The van der Waals surface area contributed by atoms with Crippen molar-refractivity contribution in [3.05, 3.63) is 36.1 Å². The lowest BCUT2D eigenvalue weighted by Gasteiger charge is -2.11. The molecule has 1 aliphatic carbocycles. The van der Waals surface area contributed by atoms with Gasteiger partial charge in [-0.05, 0) is 31.2 Å². The zero-order chi connectivity index (χ0) is 11.7. The highest BCUT2D eigenvalue weighted by atomic mass is 16.3. The summed E-state index contributed by atoms with van der Waals surface area (Å²) in [6.45, 7) is 3.27. The number of nitrogens with one attached hydrogen (secondary N) is 1. The van der Waals surface area contributed by atoms with Crippen LogP contribution in [0.5, 0.6) is 0 Å². The number of fused-ring (bicyclic) bond motifs is 1. The highest BCUT2D eigenvalue weighted by molar-refractivity contribution is 5.80. The average Bonchev–Trinajstić information content (AvgIpc) is 2.93. The standard InChI is InChI=1S/C15H19NO/c1-11-6-7-13(8-11)16-9-12-10-17-15-5-3-2-4-14(12)15/h2-5,10-11,13,16H,6-9H2,1H3. The lowest BCUT2D eigenvalue weighted by atomic mass is 10.1. The van der Waals surface area contributed by atoms with Crippen LogP contribution in [-0.2, 0) is 6.54 Å². The van der Waals surface area contributed by atoms with E-state index in [1.807, 2.05) is 18.4 Å². The summed E-state index contributed by atoms with van der Waals surface area (Å²) in [7, 11) is 0. The smallest absolute Gasteiger partial charge is 0.134 e. The number of benzene rings is 1. The summed E-state index contributed by atoms with van der Waals surface area (Å²) in [5.74, 6) is 0.883. The van der Waals surface area contributed by atoms with E-state index in [1.165, 1.54) is 30.2 Å². The van der Waals surface area contributed by atoms with E-state index >= 15 is 0 Å². The van der Waals surface area contributed by atoms with Crippen molar-refractivity contribution in [3.63, 3.8) is 0 Å². The highest BCUT2D eigenvalue weighted by Crippen LogP contribution is 2.26. The first kappa shape index (κ1) is 10.8. The van der Waals surface area contributed by atoms with E-state index < -0.39 is 0 Å². The predicted molar refractivity (Wildman–Crippen MR) is 69.9 cm³/mol. The second-order valence-electron chi connectivity index (χ2n) is 5.25. The Morgan fingerprint density at radius 3 is 3.00 bits per heavy atom. The van der Waals surface area contributed by atoms with Crippen LogP contribution in [0.3, 0.4) is 0 Å². The van der Waals surface area contributed by atoms with Gasteiger partial charge >= 0.3 is 0 Å². The minimum absolute atomic E-state index is 0.693. The van der Waals surface area contributed by atoms with Crippen LogP contribution in [0.15, 0.2) is 34.9 Å². The number of para-hydroxylation sites is 1. The molecule has 0 saturated heterocycles. The zero-order valence-electron chi connectivity index (χ0n) is 10.3. The van der Waals surface area contributed by atoms with Gasteiger partial charge < -0.3 is 9.73 Å². The maximum absolute atomic E-state index is 5.55. The molecule has 1 aliphatic rings. The summed E-state index contributed by atoms with van der Waals surface area (Å²) in [5, 5.41) is 4.89. The van der Waals surface area contributed by atoms with Crippen LogP contribution in [-0.4, -0.2) is 6.04 Å². The summed E-state index contributed by atoms with van der Waals surface area (Å²) in [5.41, 5.74) is 2.27. The van der Waals surface area contributed by atoms with E-state index in [0.29, 0.717) is 6.04 Å². The van der Waals surface area contributed by atoms with E-state index in [-0.39, 0.29) is 0 Å². The molecular weight excluding hydrogens is 210 g/mol. The van der Waals surface area contributed by atoms with Crippen LogP contribution in [0.1, 0.15) is 31.7 Å².